The fraction of sp³-hybridized carbons (Fsp3) is 0.240. The van der Waals surface area contributed by atoms with Crippen molar-refractivity contribution in [1.82, 2.24) is 19.6 Å². The number of amides is 1. The van der Waals surface area contributed by atoms with Gasteiger partial charge in [0.05, 0.1) is 5.69 Å². The van der Waals surface area contributed by atoms with Gasteiger partial charge in [-0.05, 0) is 11.6 Å². The number of benzene rings is 2. The molecule has 0 N–H and O–H groups in total. The van der Waals surface area contributed by atoms with E-state index in [1.54, 1.807) is 6.07 Å². The van der Waals surface area contributed by atoms with E-state index < -0.39 is 0 Å². The molecule has 1 aromatic heterocycles. The molecule has 0 atom stereocenters. The van der Waals surface area contributed by atoms with Gasteiger partial charge in [0.15, 0.2) is 0 Å². The molecular weight excluding hydrogens is 388 g/mol. The molecule has 0 aliphatic carbocycles. The number of carbonyl (C=O) groups is 1. The highest BCUT2D eigenvalue weighted by atomic mass is 16.2. The molecule has 0 unspecified atom stereocenters. The number of rotatable bonds is 6. The van der Waals surface area contributed by atoms with Gasteiger partial charge in [-0.1, -0.05) is 72.8 Å². The molecule has 0 saturated carbocycles. The van der Waals surface area contributed by atoms with Crippen LogP contribution in [0, 0.1) is 0 Å². The van der Waals surface area contributed by atoms with Crippen LogP contribution >= 0.6 is 0 Å². The molecule has 1 aliphatic rings. The minimum absolute atomic E-state index is 0.0343. The van der Waals surface area contributed by atoms with Crippen LogP contribution in [0.5, 0.6) is 0 Å². The van der Waals surface area contributed by atoms with Crippen LogP contribution in [0.2, 0.25) is 0 Å². The monoisotopic (exact) mass is 414 g/mol. The summed E-state index contributed by atoms with van der Waals surface area (Å²) in [6.07, 6.45) is 4.28. The average Bonchev–Trinajstić information content (AvgIpc) is 2.82. The molecule has 0 radical (unpaired) electrons. The molecule has 6 heteroatoms. The number of hydrogen-bond donors (Lipinski definition) is 0. The van der Waals surface area contributed by atoms with Crippen LogP contribution in [-0.2, 0) is 11.3 Å². The third-order valence-electron chi connectivity index (χ3n) is 5.42. The van der Waals surface area contributed by atoms with Crippen LogP contribution in [0.15, 0.2) is 83.7 Å². The summed E-state index contributed by atoms with van der Waals surface area (Å²) >= 11 is 0. The molecule has 1 amide bonds. The summed E-state index contributed by atoms with van der Waals surface area (Å²) in [7, 11) is 0. The Bertz CT molecular complexity index is 1090. The van der Waals surface area contributed by atoms with Crippen molar-refractivity contribution in [3.8, 4) is 11.3 Å². The van der Waals surface area contributed by atoms with Crippen molar-refractivity contribution < 1.29 is 4.79 Å². The van der Waals surface area contributed by atoms with Gasteiger partial charge in [-0.15, -0.1) is 0 Å². The van der Waals surface area contributed by atoms with Gasteiger partial charge in [0, 0.05) is 44.4 Å². The summed E-state index contributed by atoms with van der Waals surface area (Å²) < 4.78 is 1.26. The third-order valence-corrected chi connectivity index (χ3v) is 5.42. The van der Waals surface area contributed by atoms with E-state index in [0.29, 0.717) is 18.8 Å². The normalized spacial score (nSPS) is 14.8. The second kappa shape index (κ2) is 10.00. The van der Waals surface area contributed by atoms with E-state index in [9.17, 15) is 9.59 Å². The van der Waals surface area contributed by atoms with Crippen LogP contribution in [0.25, 0.3) is 17.3 Å². The fourth-order valence-corrected chi connectivity index (χ4v) is 3.64. The molecule has 31 heavy (non-hydrogen) atoms. The van der Waals surface area contributed by atoms with Gasteiger partial charge in [-0.25, -0.2) is 4.68 Å². The number of aromatic nitrogens is 2. The SMILES string of the molecule is O=C(Cn1nc(-c2ccccc2)ccc1=O)N1CCN(CC=Cc2ccccc2)CC1. The van der Waals surface area contributed by atoms with Crippen molar-refractivity contribution in [3.63, 3.8) is 0 Å². The van der Waals surface area contributed by atoms with E-state index >= 15 is 0 Å². The minimum Gasteiger partial charge on any atom is -0.339 e. The van der Waals surface area contributed by atoms with E-state index in [2.05, 4.69) is 34.3 Å². The molecule has 1 fully saturated rings. The quantitative estimate of drug-likeness (QED) is 0.622. The molecule has 158 valence electrons. The second-order valence-corrected chi connectivity index (χ2v) is 7.57. The van der Waals surface area contributed by atoms with Crippen molar-refractivity contribution in [2.75, 3.05) is 32.7 Å². The van der Waals surface area contributed by atoms with Crippen LogP contribution < -0.4 is 5.56 Å². The van der Waals surface area contributed by atoms with E-state index in [4.69, 9.17) is 0 Å². The molecule has 4 rings (SSSR count). The molecule has 2 aromatic carbocycles. The van der Waals surface area contributed by atoms with E-state index in [0.717, 1.165) is 25.2 Å². The molecule has 2 heterocycles. The molecule has 3 aromatic rings. The Kier molecular flexibility index (Phi) is 6.69. The molecule has 0 spiro atoms. The standard InChI is InChI=1S/C25H26N4O2/c30-24-14-13-23(22-11-5-2-6-12-22)26-29(24)20-25(31)28-18-16-27(17-19-28)15-7-10-21-8-3-1-4-9-21/h1-14H,15-20H2. The zero-order valence-corrected chi connectivity index (χ0v) is 17.4. The lowest BCUT2D eigenvalue weighted by Gasteiger charge is -2.34. The summed E-state index contributed by atoms with van der Waals surface area (Å²) in [6.45, 7) is 3.77. The van der Waals surface area contributed by atoms with E-state index in [-0.39, 0.29) is 18.0 Å². The number of piperazine rings is 1. The zero-order chi connectivity index (χ0) is 21.5. The Labute approximate surface area is 182 Å². The smallest absolute Gasteiger partial charge is 0.267 e. The van der Waals surface area contributed by atoms with Gasteiger partial charge in [0.25, 0.3) is 5.56 Å². The molecule has 1 saturated heterocycles. The molecular formula is C25H26N4O2. The maximum Gasteiger partial charge on any atom is 0.267 e. The Morgan fingerprint density at radius 2 is 1.55 bits per heavy atom. The summed E-state index contributed by atoms with van der Waals surface area (Å²) in [6, 6.07) is 23.0. The highest BCUT2D eigenvalue weighted by Crippen LogP contribution is 2.14. The largest absolute Gasteiger partial charge is 0.339 e. The van der Waals surface area contributed by atoms with Crippen LogP contribution in [0.3, 0.4) is 0 Å². The predicted octanol–water partition coefficient (Wildman–Crippen LogP) is 2.77. The van der Waals surface area contributed by atoms with E-state index in [1.807, 2.05) is 53.4 Å². The van der Waals surface area contributed by atoms with Crippen LogP contribution in [0.4, 0.5) is 0 Å². The zero-order valence-electron chi connectivity index (χ0n) is 17.4. The van der Waals surface area contributed by atoms with Gasteiger partial charge in [0.1, 0.15) is 6.54 Å². The molecule has 0 bridgehead atoms. The maximum atomic E-state index is 12.8. The Morgan fingerprint density at radius 3 is 2.26 bits per heavy atom. The van der Waals surface area contributed by atoms with Gasteiger partial charge in [-0.3, -0.25) is 14.5 Å². The summed E-state index contributed by atoms with van der Waals surface area (Å²) in [4.78, 5) is 29.1. The maximum absolute atomic E-state index is 12.8. The van der Waals surface area contributed by atoms with Crippen LogP contribution in [-0.4, -0.2) is 58.2 Å². The van der Waals surface area contributed by atoms with E-state index in [1.165, 1.54) is 16.3 Å². The lowest BCUT2D eigenvalue weighted by Crippen LogP contribution is -2.50. The summed E-state index contributed by atoms with van der Waals surface area (Å²) in [5.41, 5.74) is 2.52. The fourth-order valence-electron chi connectivity index (χ4n) is 3.64. The van der Waals surface area contributed by atoms with Gasteiger partial charge in [-0.2, -0.15) is 5.10 Å². The topological polar surface area (TPSA) is 58.4 Å². The highest BCUT2D eigenvalue weighted by molar-refractivity contribution is 5.76. The molecule has 1 aliphatic heterocycles. The van der Waals surface area contributed by atoms with Crippen molar-refractivity contribution in [1.29, 1.82) is 0 Å². The van der Waals surface area contributed by atoms with Gasteiger partial charge >= 0.3 is 0 Å². The first kappa shape index (κ1) is 20.8. The highest BCUT2D eigenvalue weighted by Gasteiger charge is 2.21. The average molecular weight is 415 g/mol. The summed E-state index contributed by atoms with van der Waals surface area (Å²) in [5, 5.41) is 4.40. The van der Waals surface area contributed by atoms with Crippen molar-refractivity contribution in [3.05, 3.63) is 94.8 Å². The third kappa shape index (κ3) is 5.55. The Morgan fingerprint density at radius 1 is 0.871 bits per heavy atom. The Hall–Kier alpha value is -3.51. The van der Waals surface area contributed by atoms with Crippen LogP contribution in [0.1, 0.15) is 5.56 Å². The first-order valence-corrected chi connectivity index (χ1v) is 10.5. The van der Waals surface area contributed by atoms with Crippen molar-refractivity contribution >= 4 is 12.0 Å². The molecule has 6 nitrogen and oxygen atoms in total. The number of hydrogen-bond acceptors (Lipinski definition) is 4. The number of nitrogens with zero attached hydrogens (tertiary/aromatic N) is 4. The van der Waals surface area contributed by atoms with Gasteiger partial charge in [0.2, 0.25) is 5.91 Å². The van der Waals surface area contributed by atoms with Gasteiger partial charge < -0.3 is 4.90 Å². The predicted molar refractivity (Wildman–Crippen MR) is 122 cm³/mol. The lowest BCUT2D eigenvalue weighted by atomic mass is 10.1. The minimum atomic E-state index is -0.266. The first-order valence-electron chi connectivity index (χ1n) is 10.5. The Balaban J connectivity index is 1.31. The van der Waals surface area contributed by atoms with Crippen molar-refractivity contribution in [2.45, 2.75) is 6.54 Å². The number of carbonyl (C=O) groups excluding carboxylic acids is 1. The lowest BCUT2D eigenvalue weighted by molar-refractivity contribution is -0.133. The second-order valence-electron chi connectivity index (χ2n) is 7.57. The van der Waals surface area contributed by atoms with Crippen molar-refractivity contribution in [2.24, 2.45) is 0 Å². The summed E-state index contributed by atoms with van der Waals surface area (Å²) in [5.74, 6) is -0.0701. The first-order chi connectivity index (χ1) is 15.2.